The van der Waals surface area contributed by atoms with Crippen LogP contribution in [-0.2, 0) is 11.3 Å². The van der Waals surface area contributed by atoms with Crippen molar-refractivity contribution < 1.29 is 9.53 Å². The quantitative estimate of drug-likeness (QED) is 0.432. The topological polar surface area (TPSA) is 77.3 Å². The summed E-state index contributed by atoms with van der Waals surface area (Å²) in [4.78, 5) is 32.0. The van der Waals surface area contributed by atoms with Crippen molar-refractivity contribution in [2.24, 2.45) is 0 Å². The van der Waals surface area contributed by atoms with Gasteiger partial charge in [-0.1, -0.05) is 53.8 Å². The van der Waals surface area contributed by atoms with Crippen molar-refractivity contribution in [1.29, 1.82) is 0 Å². The number of thiazole rings is 1. The van der Waals surface area contributed by atoms with Crippen LogP contribution in [0.25, 0.3) is 21.5 Å². The molecule has 4 aromatic rings. The highest BCUT2D eigenvalue weighted by Gasteiger charge is 2.22. The number of carbonyl (C=O) groups is 1. The first kappa shape index (κ1) is 20.4. The first-order chi connectivity index (χ1) is 15.6. The van der Waals surface area contributed by atoms with Crippen LogP contribution < -0.4 is 10.5 Å². The van der Waals surface area contributed by atoms with E-state index in [2.05, 4.69) is 4.90 Å². The summed E-state index contributed by atoms with van der Waals surface area (Å²) in [6.45, 7) is 2.22. The van der Waals surface area contributed by atoms with Gasteiger partial charge in [0.1, 0.15) is 5.69 Å². The molecule has 0 radical (unpaired) electrons. The summed E-state index contributed by atoms with van der Waals surface area (Å²) in [6.07, 6.45) is 2.29. The second-order valence-electron chi connectivity index (χ2n) is 7.73. The van der Waals surface area contributed by atoms with Crippen molar-refractivity contribution in [3.63, 3.8) is 0 Å². The van der Waals surface area contributed by atoms with Crippen molar-refractivity contribution in [1.82, 2.24) is 14.8 Å². The maximum atomic E-state index is 13.3. The van der Waals surface area contributed by atoms with Gasteiger partial charge < -0.3 is 9.64 Å². The van der Waals surface area contributed by atoms with E-state index in [1.165, 1.54) is 11.8 Å². The fraction of sp³-hybridized carbons (Fsp3) is 0.250. The van der Waals surface area contributed by atoms with Crippen LogP contribution in [0.2, 0.25) is 0 Å². The molecule has 1 aliphatic rings. The van der Waals surface area contributed by atoms with Gasteiger partial charge in [0.2, 0.25) is 0 Å². The highest BCUT2D eigenvalue weighted by molar-refractivity contribution is 7.22. The van der Waals surface area contributed by atoms with Gasteiger partial charge in [-0.15, -0.1) is 0 Å². The molecule has 1 fully saturated rings. The molecule has 0 N–H and O–H groups in total. The van der Waals surface area contributed by atoms with Crippen molar-refractivity contribution in [3.05, 3.63) is 76.1 Å². The van der Waals surface area contributed by atoms with Gasteiger partial charge in [0.25, 0.3) is 5.56 Å². The molecular weight excluding hydrogens is 424 g/mol. The molecule has 32 heavy (non-hydrogen) atoms. The number of ether oxygens (including phenoxy) is 1. The lowest BCUT2D eigenvalue weighted by Gasteiger charge is -2.11. The third-order valence-corrected chi connectivity index (χ3v) is 6.74. The standard InChI is InChI=1S/C24H22N4O3S/c1-31-23(30)18-11-9-16(10-12-18)15-28-22(29)20-21(19(26-28)17-7-3-2-4-8-17)32-24(25-20)27-13-5-6-14-27/h2-4,7-12H,5-6,13-15H2,1H3. The van der Waals surface area contributed by atoms with E-state index in [1.807, 2.05) is 42.5 Å². The van der Waals surface area contributed by atoms with E-state index >= 15 is 0 Å². The molecule has 0 unspecified atom stereocenters. The summed E-state index contributed by atoms with van der Waals surface area (Å²) in [5.41, 5.74) is 3.28. The molecule has 8 heteroatoms. The smallest absolute Gasteiger partial charge is 0.337 e. The fourth-order valence-electron chi connectivity index (χ4n) is 3.92. The van der Waals surface area contributed by atoms with Gasteiger partial charge in [-0.25, -0.2) is 14.5 Å². The van der Waals surface area contributed by atoms with Crippen LogP contribution in [-0.4, -0.2) is 40.9 Å². The normalized spacial score (nSPS) is 13.6. The zero-order valence-electron chi connectivity index (χ0n) is 17.7. The summed E-state index contributed by atoms with van der Waals surface area (Å²) in [6, 6.07) is 16.9. The number of hydrogen-bond acceptors (Lipinski definition) is 7. The van der Waals surface area contributed by atoms with Crippen molar-refractivity contribution in [2.75, 3.05) is 25.1 Å². The molecule has 0 amide bonds. The van der Waals surface area contributed by atoms with E-state index in [0.717, 1.165) is 52.6 Å². The maximum Gasteiger partial charge on any atom is 0.337 e. The molecule has 0 aliphatic carbocycles. The van der Waals surface area contributed by atoms with Gasteiger partial charge >= 0.3 is 5.97 Å². The SMILES string of the molecule is COC(=O)c1ccc(Cn2nc(-c3ccccc3)c3sc(N4CCCC4)nc3c2=O)cc1. The van der Waals surface area contributed by atoms with Crippen LogP contribution >= 0.6 is 11.3 Å². The van der Waals surface area contributed by atoms with Crippen LogP contribution in [0.1, 0.15) is 28.8 Å². The summed E-state index contributed by atoms with van der Waals surface area (Å²) in [7, 11) is 1.35. The average Bonchev–Trinajstić information content (AvgIpc) is 3.52. The van der Waals surface area contributed by atoms with Crippen LogP contribution in [0.5, 0.6) is 0 Å². The summed E-state index contributed by atoms with van der Waals surface area (Å²) >= 11 is 1.54. The number of nitrogens with zero attached hydrogens (tertiary/aromatic N) is 4. The highest BCUT2D eigenvalue weighted by atomic mass is 32.1. The Bertz CT molecular complexity index is 1320. The number of benzene rings is 2. The number of hydrogen-bond donors (Lipinski definition) is 0. The van der Waals surface area contributed by atoms with Gasteiger partial charge in [-0.05, 0) is 30.5 Å². The number of anilines is 1. The van der Waals surface area contributed by atoms with Crippen molar-refractivity contribution in [2.45, 2.75) is 19.4 Å². The van der Waals surface area contributed by atoms with E-state index in [1.54, 1.807) is 23.5 Å². The minimum atomic E-state index is -0.392. The van der Waals surface area contributed by atoms with Crippen LogP contribution in [0, 0.1) is 0 Å². The molecule has 7 nitrogen and oxygen atoms in total. The van der Waals surface area contributed by atoms with Gasteiger partial charge in [0.05, 0.1) is 23.9 Å². The molecule has 162 valence electrons. The van der Waals surface area contributed by atoms with Crippen molar-refractivity contribution >= 4 is 32.7 Å². The Balaban J connectivity index is 1.60. The third kappa shape index (κ3) is 3.78. The molecule has 1 saturated heterocycles. The summed E-state index contributed by atoms with van der Waals surface area (Å²) in [5, 5.41) is 5.63. The Kier molecular flexibility index (Phi) is 5.45. The fourth-order valence-corrected chi connectivity index (χ4v) is 5.04. The Labute approximate surface area is 188 Å². The third-order valence-electron chi connectivity index (χ3n) is 5.62. The minimum absolute atomic E-state index is 0.210. The Morgan fingerprint density at radius 2 is 1.78 bits per heavy atom. The number of aromatic nitrogens is 3. The largest absolute Gasteiger partial charge is 0.465 e. The summed E-state index contributed by atoms with van der Waals surface area (Å²) in [5.74, 6) is -0.392. The molecule has 0 saturated carbocycles. The van der Waals surface area contributed by atoms with E-state index in [4.69, 9.17) is 14.8 Å². The lowest BCUT2D eigenvalue weighted by Crippen LogP contribution is -2.24. The zero-order valence-corrected chi connectivity index (χ0v) is 18.5. The molecule has 0 atom stereocenters. The first-order valence-corrected chi connectivity index (χ1v) is 11.3. The van der Waals surface area contributed by atoms with Gasteiger partial charge in [0.15, 0.2) is 10.6 Å². The molecule has 2 aromatic heterocycles. The number of fused-ring (bicyclic) bond motifs is 1. The summed E-state index contributed by atoms with van der Waals surface area (Å²) < 4.78 is 7.04. The second-order valence-corrected chi connectivity index (χ2v) is 8.71. The molecule has 2 aromatic carbocycles. The predicted molar refractivity (Wildman–Crippen MR) is 125 cm³/mol. The van der Waals surface area contributed by atoms with Gasteiger partial charge in [-0.2, -0.15) is 5.10 Å². The van der Waals surface area contributed by atoms with Crippen LogP contribution in [0.3, 0.4) is 0 Å². The average molecular weight is 447 g/mol. The Morgan fingerprint density at radius 1 is 1.06 bits per heavy atom. The number of esters is 1. The molecule has 1 aliphatic heterocycles. The maximum absolute atomic E-state index is 13.3. The van der Waals surface area contributed by atoms with Gasteiger partial charge in [0, 0.05) is 18.7 Å². The number of carbonyl (C=O) groups excluding carboxylic acids is 1. The predicted octanol–water partition coefficient (Wildman–Crippen LogP) is 3.96. The Hall–Kier alpha value is -3.52. The van der Waals surface area contributed by atoms with E-state index in [9.17, 15) is 9.59 Å². The minimum Gasteiger partial charge on any atom is -0.465 e. The highest BCUT2D eigenvalue weighted by Crippen LogP contribution is 2.34. The molecule has 0 spiro atoms. The number of methoxy groups -OCH3 is 1. The second kappa shape index (κ2) is 8.55. The Morgan fingerprint density at radius 3 is 2.47 bits per heavy atom. The molecule has 0 bridgehead atoms. The lowest BCUT2D eigenvalue weighted by molar-refractivity contribution is 0.0600. The van der Waals surface area contributed by atoms with Gasteiger partial charge in [-0.3, -0.25) is 4.79 Å². The van der Waals surface area contributed by atoms with Crippen molar-refractivity contribution in [3.8, 4) is 11.3 Å². The molecule has 5 rings (SSSR count). The van der Waals surface area contributed by atoms with E-state index < -0.39 is 5.97 Å². The number of rotatable bonds is 5. The molecule has 3 heterocycles. The van der Waals surface area contributed by atoms with Crippen LogP contribution in [0.15, 0.2) is 59.4 Å². The monoisotopic (exact) mass is 446 g/mol. The van der Waals surface area contributed by atoms with E-state index in [0.29, 0.717) is 11.1 Å². The lowest BCUT2D eigenvalue weighted by atomic mass is 10.1. The molecular formula is C24H22N4O3S. The zero-order chi connectivity index (χ0) is 22.1. The van der Waals surface area contributed by atoms with E-state index in [-0.39, 0.29) is 12.1 Å². The first-order valence-electron chi connectivity index (χ1n) is 10.5. The van der Waals surface area contributed by atoms with Crippen LogP contribution in [0.4, 0.5) is 5.13 Å².